The maximum atomic E-state index is 12.4. The van der Waals surface area contributed by atoms with Gasteiger partial charge < -0.3 is 14.7 Å². The second-order valence-corrected chi connectivity index (χ2v) is 5.13. The van der Waals surface area contributed by atoms with Crippen molar-refractivity contribution in [2.75, 3.05) is 14.2 Å². The molecule has 0 spiro atoms. The van der Waals surface area contributed by atoms with Gasteiger partial charge in [-0.2, -0.15) is 4.73 Å². The Bertz CT molecular complexity index is 762. The van der Waals surface area contributed by atoms with E-state index in [1.807, 2.05) is 0 Å². The first-order valence-electron chi connectivity index (χ1n) is 6.97. The first-order valence-corrected chi connectivity index (χ1v) is 6.97. The second kappa shape index (κ2) is 6.53. The van der Waals surface area contributed by atoms with Crippen LogP contribution in [-0.2, 0) is 9.47 Å². The molecule has 2 rings (SSSR count). The van der Waals surface area contributed by atoms with Crippen LogP contribution in [0.15, 0.2) is 24.3 Å². The lowest BCUT2D eigenvalue weighted by Crippen LogP contribution is -2.42. The van der Waals surface area contributed by atoms with Gasteiger partial charge in [0.2, 0.25) is 5.69 Å². The number of hydrogen-bond acceptors (Lipinski definition) is 6. The first kappa shape index (κ1) is 17.2. The van der Waals surface area contributed by atoms with Gasteiger partial charge in [0.1, 0.15) is 0 Å². The maximum Gasteiger partial charge on any atom is 0.338 e. The number of carbonyl (C=O) groups excluding carboxylic acids is 2. The van der Waals surface area contributed by atoms with Crippen molar-refractivity contribution >= 4 is 11.9 Å². The van der Waals surface area contributed by atoms with E-state index in [4.69, 9.17) is 0 Å². The molecule has 2 aromatic rings. The van der Waals surface area contributed by atoms with Gasteiger partial charge >= 0.3 is 17.6 Å². The summed E-state index contributed by atoms with van der Waals surface area (Å²) < 4.78 is 10.6. The lowest BCUT2D eigenvalue weighted by atomic mass is 10.1. The molecule has 0 saturated carbocycles. The van der Waals surface area contributed by atoms with E-state index in [0.717, 1.165) is 4.73 Å². The number of nitrogens with zero attached hydrogens (tertiary/aromatic N) is 2. The molecule has 0 amide bonds. The Kier molecular flexibility index (Phi) is 4.68. The number of methoxy groups -OCH3 is 2. The molecule has 0 radical (unpaired) electrons. The molecule has 0 aliphatic heterocycles. The highest BCUT2D eigenvalue weighted by atomic mass is 16.5. The van der Waals surface area contributed by atoms with Crippen molar-refractivity contribution in [3.8, 4) is 11.4 Å². The van der Waals surface area contributed by atoms with Gasteiger partial charge in [0.05, 0.1) is 25.3 Å². The fraction of sp³-hybridized carbons (Fsp3) is 0.250. The van der Waals surface area contributed by atoms with E-state index in [9.17, 15) is 20.0 Å². The zero-order chi connectivity index (χ0) is 18.0. The summed E-state index contributed by atoms with van der Waals surface area (Å²) in [6.07, 6.45) is 0. The first-order chi connectivity index (χ1) is 11.3. The molecule has 0 bridgehead atoms. The number of esters is 2. The monoisotopic (exact) mass is 333 g/mol. The van der Waals surface area contributed by atoms with Crippen molar-refractivity contribution in [1.29, 1.82) is 0 Å². The van der Waals surface area contributed by atoms with Crippen molar-refractivity contribution in [3.05, 3.63) is 52.0 Å². The third kappa shape index (κ3) is 2.98. The Morgan fingerprint density at radius 3 is 1.88 bits per heavy atom. The molecule has 24 heavy (non-hydrogen) atoms. The van der Waals surface area contributed by atoms with E-state index >= 15 is 0 Å². The van der Waals surface area contributed by atoms with Crippen LogP contribution in [0.2, 0.25) is 0 Å². The van der Waals surface area contributed by atoms with E-state index in [0.29, 0.717) is 10.4 Å². The lowest BCUT2D eigenvalue weighted by Gasteiger charge is -2.08. The van der Waals surface area contributed by atoms with E-state index in [-0.39, 0.29) is 28.2 Å². The number of ether oxygens (including phenoxy) is 2. The molecule has 0 aromatic carbocycles. The smallest absolute Gasteiger partial charge is 0.338 e. The number of carbonyl (C=O) groups is 2. The summed E-state index contributed by atoms with van der Waals surface area (Å²) in [4.78, 5) is 23.5. The van der Waals surface area contributed by atoms with Gasteiger partial charge in [-0.15, -0.1) is 0 Å². The molecule has 0 aliphatic carbocycles. The summed E-state index contributed by atoms with van der Waals surface area (Å²) in [6, 6.07) is 5.39. The van der Waals surface area contributed by atoms with Crippen LogP contribution in [0.25, 0.3) is 11.4 Å². The highest BCUT2D eigenvalue weighted by Crippen LogP contribution is 2.18. The summed E-state index contributed by atoms with van der Waals surface area (Å²) >= 11 is 0. The highest BCUT2D eigenvalue weighted by molar-refractivity contribution is 5.91. The number of hydrogen-bond donors (Lipinski definition) is 1. The Morgan fingerprint density at radius 1 is 0.917 bits per heavy atom. The molecule has 0 fully saturated rings. The SMILES string of the molecule is COC(=O)c1cc(C)[n+]([O-])c(-c2cc(C(=O)OC)cc(C)[n+]2O)c1. The minimum Gasteiger partial charge on any atom is -0.618 e. The summed E-state index contributed by atoms with van der Waals surface area (Å²) in [7, 11) is 2.46. The molecule has 8 nitrogen and oxygen atoms in total. The molecular weight excluding hydrogens is 316 g/mol. The minimum atomic E-state index is -0.620. The summed E-state index contributed by atoms with van der Waals surface area (Å²) in [5, 5.41) is 22.6. The van der Waals surface area contributed by atoms with Crippen molar-refractivity contribution in [2.45, 2.75) is 13.8 Å². The quantitative estimate of drug-likeness (QED) is 0.384. The third-order valence-electron chi connectivity index (χ3n) is 3.52. The molecule has 1 N–H and O–H groups in total. The Balaban J connectivity index is 2.75. The summed E-state index contributed by atoms with van der Waals surface area (Å²) in [6.45, 7) is 3.07. The van der Waals surface area contributed by atoms with Crippen LogP contribution in [0.3, 0.4) is 0 Å². The Labute approximate surface area is 138 Å². The van der Waals surface area contributed by atoms with Crippen LogP contribution in [-0.4, -0.2) is 31.4 Å². The van der Waals surface area contributed by atoms with Crippen LogP contribution in [0.5, 0.6) is 0 Å². The Morgan fingerprint density at radius 2 is 1.38 bits per heavy atom. The topological polar surface area (TPSA) is 104 Å². The molecule has 0 aliphatic rings. The highest BCUT2D eigenvalue weighted by Gasteiger charge is 2.29. The van der Waals surface area contributed by atoms with Crippen molar-refractivity contribution in [1.82, 2.24) is 0 Å². The van der Waals surface area contributed by atoms with Crippen LogP contribution < -0.4 is 9.46 Å². The fourth-order valence-electron chi connectivity index (χ4n) is 2.28. The molecule has 0 atom stereocenters. The van der Waals surface area contributed by atoms with Gasteiger partial charge in [-0.1, -0.05) is 0 Å². The summed E-state index contributed by atoms with van der Waals surface area (Å²) in [5.41, 5.74) is 0.892. The Hall–Kier alpha value is -3.16. The fourth-order valence-corrected chi connectivity index (χ4v) is 2.28. The average Bonchev–Trinajstić information content (AvgIpc) is 2.58. The van der Waals surface area contributed by atoms with E-state index in [1.54, 1.807) is 6.92 Å². The number of rotatable bonds is 3. The van der Waals surface area contributed by atoms with Gasteiger partial charge in [0, 0.05) is 42.8 Å². The zero-order valence-corrected chi connectivity index (χ0v) is 13.7. The van der Waals surface area contributed by atoms with Gasteiger partial charge in [-0.05, 0) is 0 Å². The third-order valence-corrected chi connectivity index (χ3v) is 3.52. The second-order valence-electron chi connectivity index (χ2n) is 5.13. The largest absolute Gasteiger partial charge is 0.618 e. The molecule has 8 heteroatoms. The van der Waals surface area contributed by atoms with E-state index < -0.39 is 11.9 Å². The standard InChI is InChI=1S/C16H17N2O6/c1-9-5-11(15(19)23-3)7-13(17(9)21)14-8-12(16(20)24-4)6-10(2)18(14)22/h5-8,21H,1-4H3/q+1. The molecule has 0 unspecified atom stereocenters. The average molecular weight is 333 g/mol. The zero-order valence-electron chi connectivity index (χ0n) is 13.7. The lowest BCUT2D eigenvalue weighted by molar-refractivity contribution is -0.902. The van der Waals surface area contributed by atoms with E-state index in [2.05, 4.69) is 9.47 Å². The summed E-state index contributed by atoms with van der Waals surface area (Å²) in [5.74, 6) is -1.23. The van der Waals surface area contributed by atoms with Crippen LogP contribution in [0.4, 0.5) is 0 Å². The predicted octanol–water partition coefficient (Wildman–Crippen LogP) is 0.702. The number of aromatic nitrogens is 2. The van der Waals surface area contributed by atoms with Crippen LogP contribution >= 0.6 is 0 Å². The molecule has 126 valence electrons. The van der Waals surface area contributed by atoms with Crippen LogP contribution in [0, 0.1) is 19.1 Å². The van der Waals surface area contributed by atoms with Crippen LogP contribution in [0.1, 0.15) is 32.1 Å². The normalized spacial score (nSPS) is 10.3. The van der Waals surface area contributed by atoms with Gasteiger partial charge in [-0.3, -0.25) is 5.21 Å². The van der Waals surface area contributed by atoms with Gasteiger partial charge in [0.25, 0.3) is 5.69 Å². The van der Waals surface area contributed by atoms with Crippen molar-refractivity contribution in [2.24, 2.45) is 0 Å². The van der Waals surface area contributed by atoms with Crippen molar-refractivity contribution in [3.63, 3.8) is 0 Å². The molecule has 0 saturated heterocycles. The van der Waals surface area contributed by atoms with Crippen molar-refractivity contribution < 1.29 is 33.7 Å². The number of pyridine rings is 2. The predicted molar refractivity (Wildman–Crippen MR) is 80.4 cm³/mol. The molecule has 2 aromatic heterocycles. The molecular formula is C16H17N2O6+. The molecule has 2 heterocycles. The van der Waals surface area contributed by atoms with Gasteiger partial charge in [0.15, 0.2) is 5.69 Å². The maximum absolute atomic E-state index is 12.4. The van der Waals surface area contributed by atoms with E-state index in [1.165, 1.54) is 45.4 Å². The minimum absolute atomic E-state index is 0.00764. The number of aryl methyl sites for hydroxylation is 2. The van der Waals surface area contributed by atoms with Gasteiger partial charge in [-0.25, -0.2) is 9.59 Å².